The van der Waals surface area contributed by atoms with E-state index in [1.807, 2.05) is 0 Å². The number of nitrogens with two attached hydrogens (primary N) is 1. The van der Waals surface area contributed by atoms with Gasteiger partial charge in [-0.15, -0.1) is 0 Å². The van der Waals surface area contributed by atoms with Crippen molar-refractivity contribution in [2.75, 3.05) is 0 Å². The second-order valence-electron chi connectivity index (χ2n) is 7.36. The van der Waals surface area contributed by atoms with Crippen molar-refractivity contribution in [2.45, 2.75) is 67.9 Å². The first kappa shape index (κ1) is 18.4. The van der Waals surface area contributed by atoms with Gasteiger partial charge >= 0.3 is 0 Å². The third kappa shape index (κ3) is 5.52. The van der Waals surface area contributed by atoms with Gasteiger partial charge in [-0.1, -0.05) is 58.4 Å². The van der Waals surface area contributed by atoms with Crippen LogP contribution in [-0.4, -0.2) is 6.04 Å². The van der Waals surface area contributed by atoms with E-state index in [4.69, 9.17) is 5.73 Å². The van der Waals surface area contributed by atoms with Gasteiger partial charge in [0.15, 0.2) is 0 Å². The maximum atomic E-state index is 6.05. The Balaban J connectivity index is 5.02. The second-order valence-corrected chi connectivity index (χ2v) is 7.36. The summed E-state index contributed by atoms with van der Waals surface area (Å²) in [7, 11) is 0. The minimum Gasteiger partial charge on any atom is -0.327 e. The number of hydrogen-bond acceptors (Lipinski definition) is 1. The molecule has 1 heteroatoms. The van der Waals surface area contributed by atoms with Crippen LogP contribution in [0.2, 0.25) is 0 Å². The predicted octanol–water partition coefficient (Wildman–Crippen LogP) is 5.18. The van der Waals surface area contributed by atoms with Gasteiger partial charge in [0, 0.05) is 12.0 Å². The Bertz CT molecular complexity index is 321. The quantitative estimate of drug-likeness (QED) is 0.631. The molecule has 1 unspecified atom stereocenters. The molecule has 2 N–H and O–H groups in total. The predicted molar refractivity (Wildman–Crippen MR) is 88.1 cm³/mol. The average molecular weight is 265 g/mol. The summed E-state index contributed by atoms with van der Waals surface area (Å²) in [5.74, 6) is 1.79. The summed E-state index contributed by atoms with van der Waals surface area (Å²) in [5.41, 5.74) is 8.93. The highest BCUT2D eigenvalue weighted by Crippen LogP contribution is 2.34. The van der Waals surface area contributed by atoms with Gasteiger partial charge in [0.2, 0.25) is 0 Å². The Morgan fingerprint density at radius 1 is 1.16 bits per heavy atom. The molecule has 0 saturated heterocycles. The first-order valence-corrected chi connectivity index (χ1v) is 7.58. The fourth-order valence-electron chi connectivity index (χ4n) is 2.37. The van der Waals surface area contributed by atoms with E-state index in [1.54, 1.807) is 0 Å². The van der Waals surface area contributed by atoms with Crippen molar-refractivity contribution < 1.29 is 0 Å². The summed E-state index contributed by atoms with van der Waals surface area (Å²) in [6.45, 7) is 22.1. The molecule has 0 aliphatic heterocycles. The zero-order valence-corrected chi connectivity index (χ0v) is 14.4. The Morgan fingerprint density at radius 3 is 1.95 bits per heavy atom. The van der Waals surface area contributed by atoms with E-state index >= 15 is 0 Å². The van der Waals surface area contributed by atoms with Crippen molar-refractivity contribution in [1.29, 1.82) is 0 Å². The third-order valence-electron chi connectivity index (χ3n) is 4.78. The van der Waals surface area contributed by atoms with E-state index in [0.717, 1.165) is 6.42 Å². The first-order chi connectivity index (χ1) is 8.50. The molecule has 0 bridgehead atoms. The molecule has 19 heavy (non-hydrogen) atoms. The molecule has 3 atom stereocenters. The molecule has 0 aromatic heterocycles. The van der Waals surface area contributed by atoms with Crippen molar-refractivity contribution in [3.63, 3.8) is 0 Å². The highest BCUT2D eigenvalue weighted by atomic mass is 14.7. The van der Waals surface area contributed by atoms with Crippen LogP contribution in [0.15, 0.2) is 23.8 Å². The SMILES string of the molecule is C=C(C)[C@@H](/C(C)=C/CC(C)(C)[C@H](C)N)C(C)C(C)C. The average Bonchev–Trinajstić information content (AvgIpc) is 2.25. The minimum absolute atomic E-state index is 0.155. The minimum atomic E-state index is 0.155. The topological polar surface area (TPSA) is 26.0 Å². The van der Waals surface area contributed by atoms with Crippen LogP contribution in [0.5, 0.6) is 0 Å². The zero-order chi connectivity index (χ0) is 15.4. The van der Waals surface area contributed by atoms with Crippen molar-refractivity contribution in [3.8, 4) is 0 Å². The third-order valence-corrected chi connectivity index (χ3v) is 4.78. The molecule has 0 rings (SSSR count). The summed E-state index contributed by atoms with van der Waals surface area (Å²) in [6.07, 6.45) is 3.41. The highest BCUT2D eigenvalue weighted by molar-refractivity contribution is 5.18. The van der Waals surface area contributed by atoms with Gasteiger partial charge in [-0.05, 0) is 44.4 Å². The van der Waals surface area contributed by atoms with Crippen LogP contribution in [0, 0.1) is 23.2 Å². The maximum absolute atomic E-state index is 6.05. The lowest BCUT2D eigenvalue weighted by molar-refractivity contribution is 0.301. The smallest absolute Gasteiger partial charge is 0.00647 e. The lowest BCUT2D eigenvalue weighted by atomic mass is 9.75. The highest BCUT2D eigenvalue weighted by Gasteiger charge is 2.25. The van der Waals surface area contributed by atoms with E-state index in [9.17, 15) is 0 Å². The summed E-state index contributed by atoms with van der Waals surface area (Å²) in [5, 5.41) is 0. The molecule has 0 heterocycles. The lowest BCUT2D eigenvalue weighted by Gasteiger charge is -2.31. The molecule has 1 nitrogen and oxygen atoms in total. The molecule has 0 amide bonds. The fraction of sp³-hybridized carbons (Fsp3) is 0.778. The van der Waals surface area contributed by atoms with E-state index in [0.29, 0.717) is 17.8 Å². The molecule has 0 aromatic carbocycles. The molecule has 0 aromatic rings. The molecule has 112 valence electrons. The van der Waals surface area contributed by atoms with Crippen molar-refractivity contribution in [2.24, 2.45) is 28.9 Å². The van der Waals surface area contributed by atoms with Gasteiger partial charge in [0.05, 0.1) is 0 Å². The Labute approximate surface area is 121 Å². The molecule has 0 aliphatic rings. The van der Waals surface area contributed by atoms with Crippen molar-refractivity contribution in [3.05, 3.63) is 23.8 Å². The van der Waals surface area contributed by atoms with E-state index in [-0.39, 0.29) is 11.5 Å². The van der Waals surface area contributed by atoms with Crippen molar-refractivity contribution in [1.82, 2.24) is 0 Å². The lowest BCUT2D eigenvalue weighted by Crippen LogP contribution is -2.34. The van der Waals surface area contributed by atoms with Gasteiger partial charge in [0.25, 0.3) is 0 Å². The number of rotatable bonds is 7. The summed E-state index contributed by atoms with van der Waals surface area (Å²) in [4.78, 5) is 0. The van der Waals surface area contributed by atoms with E-state index in [2.05, 4.69) is 68.0 Å². The van der Waals surface area contributed by atoms with Crippen LogP contribution < -0.4 is 5.73 Å². The number of hydrogen-bond donors (Lipinski definition) is 1. The molecule has 0 spiro atoms. The molecule has 0 radical (unpaired) electrons. The molecule has 0 fully saturated rings. The Hall–Kier alpha value is -0.560. The van der Waals surface area contributed by atoms with Crippen LogP contribution in [0.25, 0.3) is 0 Å². The van der Waals surface area contributed by atoms with Crippen LogP contribution in [-0.2, 0) is 0 Å². The van der Waals surface area contributed by atoms with Crippen LogP contribution in [0.1, 0.15) is 61.8 Å². The van der Waals surface area contributed by atoms with Gasteiger partial charge in [-0.25, -0.2) is 0 Å². The molecule has 0 saturated carbocycles. The molecule has 0 aliphatic carbocycles. The summed E-state index contributed by atoms with van der Waals surface area (Å²) in [6, 6.07) is 0.211. The van der Waals surface area contributed by atoms with Gasteiger partial charge < -0.3 is 5.73 Å². The first-order valence-electron chi connectivity index (χ1n) is 7.58. The van der Waals surface area contributed by atoms with Gasteiger partial charge in [-0.3, -0.25) is 0 Å². The zero-order valence-electron chi connectivity index (χ0n) is 14.4. The number of allylic oxidation sites excluding steroid dienone is 3. The molecular weight excluding hydrogens is 230 g/mol. The summed E-state index contributed by atoms with van der Waals surface area (Å²) < 4.78 is 0. The summed E-state index contributed by atoms with van der Waals surface area (Å²) >= 11 is 0. The van der Waals surface area contributed by atoms with Gasteiger partial charge in [0.1, 0.15) is 0 Å². The standard InChI is InChI=1S/C18H35N/c1-12(2)15(6)17(13(3)4)14(5)10-11-18(8,9)16(7)19/h10,12,15-17H,3,11,19H2,1-2,4-9H3/b14-10+/t15?,16-,17-/m0/s1. The maximum Gasteiger partial charge on any atom is 0.00647 e. The van der Waals surface area contributed by atoms with Gasteiger partial charge in [-0.2, -0.15) is 0 Å². The van der Waals surface area contributed by atoms with E-state index in [1.165, 1.54) is 11.1 Å². The van der Waals surface area contributed by atoms with Crippen molar-refractivity contribution >= 4 is 0 Å². The largest absolute Gasteiger partial charge is 0.327 e. The second kappa shape index (κ2) is 7.28. The van der Waals surface area contributed by atoms with Crippen LogP contribution in [0.4, 0.5) is 0 Å². The fourth-order valence-corrected chi connectivity index (χ4v) is 2.37. The monoisotopic (exact) mass is 265 g/mol. The van der Waals surface area contributed by atoms with Crippen LogP contribution in [0.3, 0.4) is 0 Å². The Kier molecular flexibility index (Phi) is 7.07. The normalized spacial score (nSPS) is 18.3. The van der Waals surface area contributed by atoms with Crippen LogP contribution >= 0.6 is 0 Å². The Morgan fingerprint density at radius 2 is 1.63 bits per heavy atom. The van der Waals surface area contributed by atoms with E-state index < -0.39 is 0 Å². The molecular formula is C18H35N.